The maximum absolute atomic E-state index is 14.9. The van der Waals surface area contributed by atoms with Gasteiger partial charge in [-0.2, -0.15) is 0 Å². The van der Waals surface area contributed by atoms with E-state index in [1.807, 2.05) is 66.3 Å². The molecule has 0 bridgehead atoms. The summed E-state index contributed by atoms with van der Waals surface area (Å²) in [7, 11) is 1.95. The molecule has 5 rings (SSSR count). The van der Waals surface area contributed by atoms with Gasteiger partial charge in [0.1, 0.15) is 5.82 Å². The van der Waals surface area contributed by atoms with Crippen molar-refractivity contribution in [2.45, 2.75) is 31.5 Å². The first-order valence-corrected chi connectivity index (χ1v) is 12.1. The average Bonchev–Trinajstić information content (AvgIpc) is 3.44. The van der Waals surface area contributed by atoms with Gasteiger partial charge >= 0.3 is 0 Å². The molecule has 0 aliphatic heterocycles. The largest absolute Gasteiger partial charge is 0.390 e. The van der Waals surface area contributed by atoms with E-state index in [2.05, 4.69) is 15.6 Å². The van der Waals surface area contributed by atoms with E-state index in [9.17, 15) is 14.3 Å². The summed E-state index contributed by atoms with van der Waals surface area (Å²) in [6.45, 7) is 1.45. The van der Waals surface area contributed by atoms with Crippen molar-refractivity contribution in [2.75, 3.05) is 6.54 Å². The molecule has 0 spiro atoms. The number of aliphatic hydroxyl groups excluding tert-OH is 1. The minimum absolute atomic E-state index is 0.0392. The van der Waals surface area contributed by atoms with Gasteiger partial charge < -0.3 is 20.3 Å². The van der Waals surface area contributed by atoms with Gasteiger partial charge in [-0.3, -0.25) is 4.79 Å². The molecule has 0 saturated carbocycles. The van der Waals surface area contributed by atoms with E-state index >= 15 is 0 Å². The van der Waals surface area contributed by atoms with Crippen molar-refractivity contribution >= 4 is 5.91 Å². The minimum atomic E-state index is -0.761. The molecule has 3 aromatic carbocycles. The second kappa shape index (κ2) is 10.4. The first-order chi connectivity index (χ1) is 17.5. The van der Waals surface area contributed by atoms with Crippen molar-refractivity contribution in [2.24, 2.45) is 7.05 Å². The third-order valence-corrected chi connectivity index (χ3v) is 6.61. The highest BCUT2D eigenvalue weighted by Gasteiger charge is 2.33. The normalized spacial score (nSPS) is 16.6. The number of hydrogen-bond acceptors (Lipinski definition) is 4. The van der Waals surface area contributed by atoms with Gasteiger partial charge in [0, 0.05) is 39.2 Å². The highest BCUT2D eigenvalue weighted by molar-refractivity contribution is 5.95. The molecule has 0 saturated heterocycles. The molecule has 0 unspecified atom stereocenters. The van der Waals surface area contributed by atoms with Crippen LogP contribution in [0.2, 0.25) is 0 Å². The second-order valence-electron chi connectivity index (χ2n) is 9.27. The number of carbonyl (C=O) groups excluding carboxylic acids is 1. The molecule has 1 aliphatic rings. The van der Waals surface area contributed by atoms with E-state index in [0.717, 1.165) is 40.9 Å². The Labute approximate surface area is 209 Å². The predicted molar refractivity (Wildman–Crippen MR) is 137 cm³/mol. The average molecular weight is 485 g/mol. The summed E-state index contributed by atoms with van der Waals surface area (Å²) in [5.74, 6) is -1.13. The fourth-order valence-corrected chi connectivity index (χ4v) is 4.73. The van der Waals surface area contributed by atoms with Gasteiger partial charge in [-0.15, -0.1) is 0 Å². The first-order valence-electron chi connectivity index (χ1n) is 12.1. The van der Waals surface area contributed by atoms with Crippen LogP contribution in [0.3, 0.4) is 0 Å². The lowest BCUT2D eigenvalue weighted by Crippen LogP contribution is -2.34. The van der Waals surface area contributed by atoms with Crippen LogP contribution in [-0.4, -0.2) is 33.2 Å². The summed E-state index contributed by atoms with van der Waals surface area (Å²) in [5, 5.41) is 16.9. The van der Waals surface area contributed by atoms with E-state index in [1.54, 1.807) is 12.4 Å². The van der Waals surface area contributed by atoms with E-state index in [-0.39, 0.29) is 5.56 Å². The molecule has 36 heavy (non-hydrogen) atoms. The number of aliphatic hydroxyl groups is 1. The Hall–Kier alpha value is -3.81. The van der Waals surface area contributed by atoms with Gasteiger partial charge in [-0.1, -0.05) is 54.6 Å². The van der Waals surface area contributed by atoms with E-state index in [4.69, 9.17) is 0 Å². The Morgan fingerprint density at radius 3 is 2.69 bits per heavy atom. The smallest absolute Gasteiger partial charge is 0.254 e. The molecule has 184 valence electrons. The Kier molecular flexibility index (Phi) is 6.93. The van der Waals surface area contributed by atoms with E-state index in [0.29, 0.717) is 18.5 Å². The van der Waals surface area contributed by atoms with Gasteiger partial charge in [-0.25, -0.2) is 9.37 Å². The Balaban J connectivity index is 1.25. The molecule has 2 atom stereocenters. The summed E-state index contributed by atoms with van der Waals surface area (Å²) in [6, 6.07) is 19.5. The second-order valence-corrected chi connectivity index (χ2v) is 9.27. The van der Waals surface area contributed by atoms with Crippen LogP contribution in [0.4, 0.5) is 4.39 Å². The summed E-state index contributed by atoms with van der Waals surface area (Å²) in [6.07, 6.45) is 4.31. The Morgan fingerprint density at radius 2 is 1.94 bits per heavy atom. The standard InChI is InChI=1S/C29H29FN4O2/c1-34-17-23(32-18-34)11-12-31-16-19-7-8-22-15-27(35)28(25(22)13-19)33-29(36)24-10-9-21(14-26(24)30)20-5-3-2-4-6-20/h2-10,13-14,17-18,27-28,31,35H,11-12,15-16H2,1H3,(H,33,36)/t27-,28-/m1/s1. The molecule has 7 heteroatoms. The van der Waals surface area contributed by atoms with Crippen molar-refractivity contribution in [3.05, 3.63) is 113 Å². The monoisotopic (exact) mass is 484 g/mol. The number of amides is 1. The molecule has 6 nitrogen and oxygen atoms in total. The van der Waals surface area contributed by atoms with Gasteiger partial charge in [0.25, 0.3) is 5.91 Å². The number of nitrogens with zero attached hydrogens (tertiary/aromatic N) is 2. The number of rotatable bonds is 8. The number of imidazole rings is 1. The summed E-state index contributed by atoms with van der Waals surface area (Å²) in [4.78, 5) is 17.3. The molecule has 0 radical (unpaired) electrons. The van der Waals surface area contributed by atoms with Gasteiger partial charge in [-0.05, 0) is 39.9 Å². The van der Waals surface area contributed by atoms with Crippen LogP contribution in [0.1, 0.15) is 38.8 Å². The van der Waals surface area contributed by atoms with Crippen LogP contribution in [0.15, 0.2) is 79.3 Å². The highest BCUT2D eigenvalue weighted by atomic mass is 19.1. The van der Waals surface area contributed by atoms with Crippen LogP contribution in [0.5, 0.6) is 0 Å². The molecule has 3 N–H and O–H groups in total. The number of carbonyl (C=O) groups is 1. The fraction of sp³-hybridized carbons (Fsp3) is 0.241. The van der Waals surface area contributed by atoms with Gasteiger partial charge in [0.15, 0.2) is 0 Å². The zero-order valence-electron chi connectivity index (χ0n) is 20.1. The third kappa shape index (κ3) is 5.22. The number of hydrogen-bond donors (Lipinski definition) is 3. The summed E-state index contributed by atoms with van der Waals surface area (Å²) in [5.41, 5.74) is 5.50. The highest BCUT2D eigenvalue weighted by Crippen LogP contribution is 2.33. The number of benzene rings is 3. The zero-order valence-corrected chi connectivity index (χ0v) is 20.1. The number of aromatic nitrogens is 2. The maximum Gasteiger partial charge on any atom is 0.254 e. The zero-order chi connectivity index (χ0) is 25.1. The topological polar surface area (TPSA) is 79.2 Å². The van der Waals surface area contributed by atoms with Crippen molar-refractivity contribution in [1.82, 2.24) is 20.2 Å². The predicted octanol–water partition coefficient (Wildman–Crippen LogP) is 3.95. The Morgan fingerprint density at radius 1 is 1.11 bits per heavy atom. The Bertz CT molecular complexity index is 1370. The van der Waals surface area contributed by atoms with E-state index < -0.39 is 23.9 Å². The number of halogens is 1. The van der Waals surface area contributed by atoms with Crippen LogP contribution in [-0.2, 0) is 26.4 Å². The SMILES string of the molecule is Cn1cnc(CCNCc2ccc3c(c2)[C@@H](NC(=O)c2ccc(-c4ccccc4)cc2F)[C@H](O)C3)c1. The molecular weight excluding hydrogens is 455 g/mol. The first kappa shape index (κ1) is 23.9. The van der Waals surface area contributed by atoms with Crippen molar-refractivity contribution in [1.29, 1.82) is 0 Å². The molecule has 1 aromatic heterocycles. The van der Waals surface area contributed by atoms with Crippen LogP contribution < -0.4 is 10.6 Å². The van der Waals surface area contributed by atoms with Gasteiger partial charge in [0.05, 0.1) is 29.7 Å². The molecule has 1 amide bonds. The fourth-order valence-electron chi connectivity index (χ4n) is 4.73. The lowest BCUT2D eigenvalue weighted by Gasteiger charge is -2.19. The molecular formula is C29H29FN4O2. The third-order valence-electron chi connectivity index (χ3n) is 6.61. The maximum atomic E-state index is 14.9. The van der Waals surface area contributed by atoms with Crippen LogP contribution in [0, 0.1) is 5.82 Å². The summed E-state index contributed by atoms with van der Waals surface area (Å²) >= 11 is 0. The lowest BCUT2D eigenvalue weighted by atomic mass is 10.0. The minimum Gasteiger partial charge on any atom is -0.390 e. The van der Waals surface area contributed by atoms with Crippen molar-refractivity contribution < 1.29 is 14.3 Å². The number of nitrogens with one attached hydrogen (secondary N) is 2. The van der Waals surface area contributed by atoms with Gasteiger partial charge in [0.2, 0.25) is 0 Å². The quantitative estimate of drug-likeness (QED) is 0.331. The molecule has 1 aliphatic carbocycles. The molecule has 4 aromatic rings. The van der Waals surface area contributed by atoms with Crippen molar-refractivity contribution in [3.8, 4) is 11.1 Å². The molecule has 1 heterocycles. The van der Waals surface area contributed by atoms with Crippen molar-refractivity contribution in [3.63, 3.8) is 0 Å². The number of fused-ring (bicyclic) bond motifs is 1. The number of aryl methyl sites for hydroxylation is 1. The van der Waals surface area contributed by atoms with Crippen LogP contribution in [0.25, 0.3) is 11.1 Å². The lowest BCUT2D eigenvalue weighted by molar-refractivity contribution is 0.0854. The molecule has 0 fully saturated rings. The summed E-state index contributed by atoms with van der Waals surface area (Å²) < 4.78 is 16.8. The van der Waals surface area contributed by atoms with Crippen LogP contribution >= 0.6 is 0 Å². The van der Waals surface area contributed by atoms with E-state index in [1.165, 1.54) is 12.1 Å².